The van der Waals surface area contributed by atoms with Gasteiger partial charge in [-0.2, -0.15) is 17.6 Å². The fourth-order valence-electron chi connectivity index (χ4n) is 6.03. The number of nitrogens with one attached hydrogen (secondary N) is 7. The van der Waals surface area contributed by atoms with Crippen molar-refractivity contribution in [2.45, 2.75) is 92.6 Å². The summed E-state index contributed by atoms with van der Waals surface area (Å²) >= 11 is 3.76. The highest BCUT2D eigenvalue weighted by molar-refractivity contribution is 7.80. The van der Waals surface area contributed by atoms with Gasteiger partial charge >= 0.3 is 17.9 Å². The number of aliphatic hydroxyl groups is 8. The lowest BCUT2D eigenvalue weighted by molar-refractivity contribution is -0.147. The summed E-state index contributed by atoms with van der Waals surface area (Å²) in [6.45, 7) is -2.39. The number of nitrogen functional groups attached to an aromatic ring is 1. The van der Waals surface area contributed by atoms with Gasteiger partial charge in [0.2, 0.25) is 29.6 Å². The molecule has 3 aromatic rings. The number of hydrogen-bond donors (Lipinski definition) is 20. The zero-order valence-electron chi connectivity index (χ0n) is 36.1. The highest BCUT2D eigenvalue weighted by Gasteiger charge is 2.42. The molecule has 0 fully saturated rings. The SMILES string of the molecule is Nc1nc2ncc(CNc3ccc(C(=O)N[C@@H](CCC(=O)N[C@H](C(=O)N[C@@H](CC(=O)O)C(=O)N[C@H](C(=O)N[C@H](CS)C(=O)O)[C@@H](O)[C@H](O)[C@H](O)CO)[C@@H](O)[C@H](O)[C@H](O)CO)C(=O)O)cc3)nc2c(=O)[nH]1. The molecule has 11 atom stereocenters. The van der Waals surface area contributed by atoms with Gasteiger partial charge in [0.15, 0.2) is 11.2 Å². The van der Waals surface area contributed by atoms with Crippen LogP contribution in [0, 0.1) is 0 Å². The number of H-pyrrole nitrogens is 1. The van der Waals surface area contributed by atoms with Crippen molar-refractivity contribution in [1.29, 1.82) is 0 Å². The molecule has 31 nitrogen and oxygen atoms in total. The Morgan fingerprint density at radius 1 is 0.686 bits per heavy atom. The largest absolute Gasteiger partial charge is 0.481 e. The van der Waals surface area contributed by atoms with Crippen LogP contribution in [0.25, 0.3) is 11.2 Å². The molecule has 70 heavy (non-hydrogen) atoms. The molecule has 5 amide bonds. The minimum atomic E-state index is -2.60. The van der Waals surface area contributed by atoms with Crippen LogP contribution >= 0.6 is 12.6 Å². The van der Waals surface area contributed by atoms with E-state index in [1.54, 1.807) is 10.6 Å². The van der Waals surface area contributed by atoms with Crippen molar-refractivity contribution in [3.8, 4) is 0 Å². The molecule has 0 saturated carbocycles. The molecule has 3 rings (SSSR count). The number of carboxylic acid groups (broad SMARTS) is 3. The standard InChI is InChI=1S/C38H51N11O20S/c39-38-48-30-25(35(65)49-38)42-15(9-41-30)8-40-14-3-1-13(2-4-14)31(61)43-16(36(66)67)5-6-21(54)46-23(28(59)26(57)19(52)10-50)33(63)44-17(7-22(55)56)32(62)47-24(29(60)27(58)20(53)11-51)34(64)45-18(12-70)37(68)69/h1-4,9,16-20,23-24,26-29,40,50-53,57-60,70H,5-8,10-12H2,(H,43,61)(H,44,63)(H,45,64)(H,46,54)(H,47,62)(H,55,56)(H,66,67)(H,68,69)(H3,39,41,48,49,65)/t16-,17-,18+,19+,20+,23-,24-,26+,27+,28+,29+/m0/s1. The first-order chi connectivity index (χ1) is 32.9. The summed E-state index contributed by atoms with van der Waals surface area (Å²) in [6.07, 6.45) is -16.1. The minimum absolute atomic E-state index is 0.0256. The van der Waals surface area contributed by atoms with Gasteiger partial charge in [0.05, 0.1) is 38.1 Å². The first-order valence-electron chi connectivity index (χ1n) is 20.4. The van der Waals surface area contributed by atoms with Crippen molar-refractivity contribution in [2.75, 3.05) is 30.0 Å². The molecule has 0 spiro atoms. The molecule has 0 saturated heterocycles. The quantitative estimate of drug-likeness (QED) is 0.0300. The van der Waals surface area contributed by atoms with E-state index < -0.39 is 158 Å². The number of carbonyl (C=O) groups is 8. The number of benzene rings is 1. The number of nitrogens with two attached hydrogens (primary N) is 1. The molecule has 384 valence electrons. The third-order valence-corrected chi connectivity index (χ3v) is 10.3. The zero-order valence-corrected chi connectivity index (χ0v) is 37.0. The first-order valence-corrected chi connectivity index (χ1v) is 21.0. The number of carboxylic acids is 3. The van der Waals surface area contributed by atoms with Crippen LogP contribution in [0.3, 0.4) is 0 Å². The number of amides is 5. The van der Waals surface area contributed by atoms with Crippen molar-refractivity contribution >= 4 is 82.9 Å². The van der Waals surface area contributed by atoms with Crippen LogP contribution in [-0.2, 0) is 40.1 Å². The van der Waals surface area contributed by atoms with Crippen LogP contribution < -0.4 is 43.2 Å². The molecular weight excluding hydrogens is 963 g/mol. The first kappa shape index (κ1) is 57.1. The van der Waals surface area contributed by atoms with Gasteiger partial charge in [-0.15, -0.1) is 0 Å². The molecule has 20 N–H and O–H groups in total. The highest BCUT2D eigenvalue weighted by Crippen LogP contribution is 2.14. The second-order valence-electron chi connectivity index (χ2n) is 15.1. The normalized spacial score (nSPS) is 16.0. The maximum Gasteiger partial charge on any atom is 0.327 e. The third-order valence-electron chi connectivity index (χ3n) is 9.90. The van der Waals surface area contributed by atoms with E-state index in [-0.39, 0.29) is 29.2 Å². The second-order valence-corrected chi connectivity index (χ2v) is 15.4. The number of aliphatic hydroxyl groups excluding tert-OH is 8. The van der Waals surface area contributed by atoms with Crippen molar-refractivity contribution < 1.29 is 94.5 Å². The molecular formula is C38H51N11O20S. The summed E-state index contributed by atoms with van der Waals surface area (Å²) in [5.41, 5.74) is 5.60. The van der Waals surface area contributed by atoms with Gasteiger partial charge in [0, 0.05) is 23.4 Å². The maximum absolute atomic E-state index is 13.6. The van der Waals surface area contributed by atoms with Crippen molar-refractivity contribution in [2.24, 2.45) is 0 Å². The Kier molecular flexibility index (Phi) is 21.7. The lowest BCUT2D eigenvalue weighted by Crippen LogP contribution is -2.65. The summed E-state index contributed by atoms with van der Waals surface area (Å²) in [7, 11) is 0. The fraction of sp³-hybridized carbons (Fsp3) is 0.474. The summed E-state index contributed by atoms with van der Waals surface area (Å²) in [5.74, 6) is -13.1. The Morgan fingerprint density at radius 2 is 1.23 bits per heavy atom. The molecule has 0 aliphatic carbocycles. The molecule has 0 aliphatic heterocycles. The van der Waals surface area contributed by atoms with Gasteiger partial charge in [-0.1, -0.05) is 0 Å². The highest BCUT2D eigenvalue weighted by atomic mass is 32.1. The Hall–Kier alpha value is -7.17. The topological polar surface area (TPSA) is 529 Å². The number of hydrogen-bond acceptors (Lipinski definition) is 23. The molecule has 2 heterocycles. The van der Waals surface area contributed by atoms with Crippen LogP contribution in [0.1, 0.15) is 35.3 Å². The van der Waals surface area contributed by atoms with Gasteiger partial charge in [0.1, 0.15) is 66.8 Å². The zero-order chi connectivity index (χ0) is 52.6. The fourth-order valence-corrected chi connectivity index (χ4v) is 6.28. The van der Waals surface area contributed by atoms with E-state index >= 15 is 0 Å². The predicted molar refractivity (Wildman–Crippen MR) is 236 cm³/mol. The molecule has 0 aliphatic rings. The van der Waals surface area contributed by atoms with Crippen LogP contribution in [-0.4, -0.2) is 209 Å². The summed E-state index contributed by atoms with van der Waals surface area (Å²) in [4.78, 5) is 129. The number of aromatic amines is 1. The Labute approximate surface area is 398 Å². The van der Waals surface area contributed by atoms with Crippen LogP contribution in [0.5, 0.6) is 0 Å². The van der Waals surface area contributed by atoms with Crippen molar-refractivity contribution in [1.82, 2.24) is 46.5 Å². The van der Waals surface area contributed by atoms with E-state index in [9.17, 15) is 99.3 Å². The van der Waals surface area contributed by atoms with Gasteiger partial charge < -0.3 is 93.8 Å². The number of aliphatic carboxylic acids is 3. The molecule has 2 aromatic heterocycles. The number of carbonyl (C=O) groups excluding carboxylic acids is 5. The van der Waals surface area contributed by atoms with Crippen molar-refractivity contribution in [3.05, 3.63) is 52.1 Å². The van der Waals surface area contributed by atoms with Gasteiger partial charge in [0.25, 0.3) is 11.5 Å². The van der Waals surface area contributed by atoms with Crippen LogP contribution in [0.2, 0.25) is 0 Å². The number of nitrogens with zero attached hydrogens (tertiary/aromatic N) is 3. The van der Waals surface area contributed by atoms with E-state index in [1.165, 1.54) is 30.5 Å². The van der Waals surface area contributed by atoms with Gasteiger partial charge in [-0.25, -0.2) is 19.6 Å². The number of fused-ring (bicyclic) bond motifs is 1. The van der Waals surface area contributed by atoms with Gasteiger partial charge in [-0.05, 0) is 30.7 Å². The van der Waals surface area contributed by atoms with Crippen LogP contribution in [0.4, 0.5) is 11.6 Å². The van der Waals surface area contributed by atoms with E-state index in [4.69, 9.17) is 5.73 Å². The van der Waals surface area contributed by atoms with E-state index in [2.05, 4.69) is 43.2 Å². The number of thiol groups is 1. The lowest BCUT2D eigenvalue weighted by atomic mass is 9.98. The average Bonchev–Trinajstić information content (AvgIpc) is 3.32. The van der Waals surface area contributed by atoms with E-state index in [0.717, 1.165) is 0 Å². The number of anilines is 2. The van der Waals surface area contributed by atoms with Crippen LogP contribution in [0.15, 0.2) is 35.3 Å². The monoisotopic (exact) mass is 1010 g/mol. The average molecular weight is 1010 g/mol. The molecule has 0 radical (unpaired) electrons. The van der Waals surface area contributed by atoms with Crippen molar-refractivity contribution in [3.63, 3.8) is 0 Å². The molecule has 0 bridgehead atoms. The van der Waals surface area contributed by atoms with Gasteiger partial charge in [-0.3, -0.25) is 38.5 Å². The minimum Gasteiger partial charge on any atom is -0.481 e. The smallest absolute Gasteiger partial charge is 0.327 e. The summed E-state index contributed by atoms with van der Waals surface area (Å²) in [5, 5.41) is 122. The Bertz CT molecular complexity index is 2420. The molecule has 1 aromatic carbocycles. The van der Waals surface area contributed by atoms with E-state index in [1.807, 2.05) is 10.6 Å². The Morgan fingerprint density at radius 3 is 1.74 bits per heavy atom. The number of rotatable bonds is 28. The predicted octanol–water partition coefficient (Wildman–Crippen LogP) is -8.55. The third kappa shape index (κ3) is 16.2. The maximum atomic E-state index is 13.6. The second kappa shape index (κ2) is 26.5. The summed E-state index contributed by atoms with van der Waals surface area (Å²) < 4.78 is 0. The summed E-state index contributed by atoms with van der Waals surface area (Å²) in [6, 6.07) is -5.42. The van der Waals surface area contributed by atoms with E-state index in [0.29, 0.717) is 11.4 Å². The lowest BCUT2D eigenvalue weighted by Gasteiger charge is -2.32. The molecule has 0 unspecified atom stereocenters. The Balaban J connectivity index is 1.77. The molecule has 32 heteroatoms. The number of aromatic nitrogens is 4.